The number of rotatable bonds is 3. The van der Waals surface area contributed by atoms with Crippen LogP contribution in [0.25, 0.3) is 0 Å². The van der Waals surface area contributed by atoms with E-state index in [2.05, 4.69) is 22.0 Å². The van der Waals surface area contributed by atoms with Gasteiger partial charge < -0.3 is 5.11 Å². The van der Waals surface area contributed by atoms with Crippen LogP contribution in [0.1, 0.15) is 17.4 Å². The van der Waals surface area contributed by atoms with E-state index in [0.29, 0.717) is 6.42 Å². The first-order chi connectivity index (χ1) is 7.59. The number of hydrogen-bond donors (Lipinski definition) is 1. The van der Waals surface area contributed by atoms with Gasteiger partial charge >= 0.3 is 0 Å². The molecule has 1 aromatic carbocycles. The van der Waals surface area contributed by atoms with E-state index >= 15 is 0 Å². The highest BCUT2D eigenvalue weighted by Crippen LogP contribution is 2.32. The second-order valence-electron chi connectivity index (χ2n) is 4.01. The van der Waals surface area contributed by atoms with Gasteiger partial charge in [-0.1, -0.05) is 40.2 Å². The third kappa shape index (κ3) is 2.54. The summed E-state index contributed by atoms with van der Waals surface area (Å²) in [5.74, 6) is 0. The Morgan fingerprint density at radius 1 is 1.25 bits per heavy atom. The molecule has 16 heavy (non-hydrogen) atoms. The molecule has 2 aromatic rings. The largest absolute Gasteiger partial charge is 0.385 e. The lowest BCUT2D eigenvalue weighted by atomic mass is 9.92. The minimum atomic E-state index is -0.828. The van der Waals surface area contributed by atoms with Crippen molar-refractivity contribution in [3.63, 3.8) is 0 Å². The molecule has 0 saturated heterocycles. The van der Waals surface area contributed by atoms with E-state index in [4.69, 9.17) is 0 Å². The standard InChI is InChI=1S/C13H13BrOS/c1-13(15,9-10-5-4-8-16-10)11-6-2-3-7-12(11)14/h2-8,15H,9H2,1H3. The zero-order valence-electron chi connectivity index (χ0n) is 8.98. The predicted octanol–water partition coefficient (Wildman–Crippen LogP) is 3.96. The topological polar surface area (TPSA) is 20.2 Å². The van der Waals surface area contributed by atoms with Crippen molar-refractivity contribution in [2.75, 3.05) is 0 Å². The van der Waals surface area contributed by atoms with Crippen LogP contribution in [0.5, 0.6) is 0 Å². The van der Waals surface area contributed by atoms with Crippen molar-refractivity contribution in [3.05, 3.63) is 56.7 Å². The molecule has 0 spiro atoms. The molecule has 84 valence electrons. The molecule has 0 radical (unpaired) electrons. The lowest BCUT2D eigenvalue weighted by Gasteiger charge is -2.24. The maximum Gasteiger partial charge on any atom is 0.0927 e. The summed E-state index contributed by atoms with van der Waals surface area (Å²) in [4.78, 5) is 1.20. The van der Waals surface area contributed by atoms with E-state index in [0.717, 1.165) is 10.0 Å². The van der Waals surface area contributed by atoms with E-state index in [1.807, 2.05) is 42.6 Å². The highest BCUT2D eigenvalue weighted by Gasteiger charge is 2.25. The maximum absolute atomic E-state index is 10.5. The van der Waals surface area contributed by atoms with Gasteiger partial charge in [-0.15, -0.1) is 11.3 Å². The SMILES string of the molecule is CC(O)(Cc1cccs1)c1ccccc1Br. The molecule has 0 saturated carbocycles. The van der Waals surface area contributed by atoms with Crippen LogP contribution in [0.2, 0.25) is 0 Å². The fraction of sp³-hybridized carbons (Fsp3) is 0.231. The normalized spacial score (nSPS) is 14.7. The first-order valence-electron chi connectivity index (χ1n) is 5.09. The van der Waals surface area contributed by atoms with Gasteiger partial charge in [0.15, 0.2) is 0 Å². The van der Waals surface area contributed by atoms with Crippen LogP contribution in [0, 0.1) is 0 Å². The Kier molecular flexibility index (Phi) is 3.47. The lowest BCUT2D eigenvalue weighted by Crippen LogP contribution is -2.24. The molecule has 1 N–H and O–H groups in total. The van der Waals surface area contributed by atoms with Gasteiger partial charge in [-0.3, -0.25) is 0 Å². The van der Waals surface area contributed by atoms with Gasteiger partial charge in [0, 0.05) is 15.8 Å². The zero-order valence-corrected chi connectivity index (χ0v) is 11.4. The molecule has 3 heteroatoms. The highest BCUT2D eigenvalue weighted by molar-refractivity contribution is 9.10. The second-order valence-corrected chi connectivity index (χ2v) is 5.90. The Morgan fingerprint density at radius 3 is 2.62 bits per heavy atom. The van der Waals surface area contributed by atoms with Crippen molar-refractivity contribution in [1.82, 2.24) is 0 Å². The van der Waals surface area contributed by atoms with Crippen LogP contribution in [0.15, 0.2) is 46.3 Å². The number of thiophene rings is 1. The van der Waals surface area contributed by atoms with Crippen molar-refractivity contribution < 1.29 is 5.11 Å². The summed E-state index contributed by atoms with van der Waals surface area (Å²) in [6.07, 6.45) is 0.646. The summed E-state index contributed by atoms with van der Waals surface area (Å²) in [5.41, 5.74) is 0.105. The number of benzene rings is 1. The maximum atomic E-state index is 10.5. The van der Waals surface area contributed by atoms with Crippen molar-refractivity contribution in [2.45, 2.75) is 18.9 Å². The molecule has 1 unspecified atom stereocenters. The lowest BCUT2D eigenvalue weighted by molar-refractivity contribution is 0.0577. The fourth-order valence-electron chi connectivity index (χ4n) is 1.75. The molecule has 0 amide bonds. The van der Waals surface area contributed by atoms with Crippen LogP contribution in [-0.4, -0.2) is 5.11 Å². The third-order valence-corrected chi connectivity index (χ3v) is 4.12. The third-order valence-electron chi connectivity index (χ3n) is 2.55. The van der Waals surface area contributed by atoms with E-state index in [-0.39, 0.29) is 0 Å². The first-order valence-corrected chi connectivity index (χ1v) is 6.76. The molecule has 1 aromatic heterocycles. The Hall–Kier alpha value is -0.640. The molecule has 2 rings (SSSR count). The number of hydrogen-bond acceptors (Lipinski definition) is 2. The minimum absolute atomic E-state index is 0.646. The smallest absolute Gasteiger partial charge is 0.0927 e. The number of halogens is 1. The average molecular weight is 297 g/mol. The number of aliphatic hydroxyl groups is 1. The minimum Gasteiger partial charge on any atom is -0.385 e. The molecule has 1 atom stereocenters. The van der Waals surface area contributed by atoms with Crippen LogP contribution in [-0.2, 0) is 12.0 Å². The van der Waals surface area contributed by atoms with Crippen molar-refractivity contribution >= 4 is 27.3 Å². The predicted molar refractivity (Wildman–Crippen MR) is 71.7 cm³/mol. The van der Waals surface area contributed by atoms with E-state index in [1.54, 1.807) is 11.3 Å². The fourth-order valence-corrected chi connectivity index (χ4v) is 3.31. The van der Waals surface area contributed by atoms with Gasteiger partial charge in [0.25, 0.3) is 0 Å². The quantitative estimate of drug-likeness (QED) is 0.909. The van der Waals surface area contributed by atoms with Gasteiger partial charge in [-0.2, -0.15) is 0 Å². The van der Waals surface area contributed by atoms with Gasteiger partial charge in [0.05, 0.1) is 5.60 Å². The molecule has 0 aliphatic rings. The van der Waals surface area contributed by atoms with Gasteiger partial charge in [-0.05, 0) is 30.0 Å². The van der Waals surface area contributed by atoms with Gasteiger partial charge in [-0.25, -0.2) is 0 Å². The summed E-state index contributed by atoms with van der Waals surface area (Å²) in [6.45, 7) is 1.85. The van der Waals surface area contributed by atoms with Crippen molar-refractivity contribution in [3.8, 4) is 0 Å². The van der Waals surface area contributed by atoms with Crippen LogP contribution in [0.3, 0.4) is 0 Å². The van der Waals surface area contributed by atoms with E-state index < -0.39 is 5.60 Å². The van der Waals surface area contributed by atoms with Gasteiger partial charge in [0.2, 0.25) is 0 Å². The molecule has 1 heterocycles. The van der Waals surface area contributed by atoms with E-state index in [9.17, 15) is 5.11 Å². The zero-order chi connectivity index (χ0) is 11.6. The molecule has 0 fully saturated rings. The Morgan fingerprint density at radius 2 is 2.00 bits per heavy atom. The van der Waals surface area contributed by atoms with Crippen molar-refractivity contribution in [1.29, 1.82) is 0 Å². The average Bonchev–Trinajstić information content (AvgIpc) is 2.70. The van der Waals surface area contributed by atoms with E-state index in [1.165, 1.54) is 4.88 Å². The Balaban J connectivity index is 2.28. The molecular weight excluding hydrogens is 284 g/mol. The second kappa shape index (κ2) is 4.70. The monoisotopic (exact) mass is 296 g/mol. The summed E-state index contributed by atoms with van der Waals surface area (Å²) < 4.78 is 0.955. The van der Waals surface area contributed by atoms with Crippen molar-refractivity contribution in [2.24, 2.45) is 0 Å². The summed E-state index contributed by atoms with van der Waals surface area (Å²) in [6, 6.07) is 11.9. The van der Waals surface area contributed by atoms with Crippen LogP contribution < -0.4 is 0 Å². The Bertz CT molecular complexity index is 463. The first kappa shape index (κ1) is 11.8. The summed E-state index contributed by atoms with van der Waals surface area (Å²) in [7, 11) is 0. The highest BCUT2D eigenvalue weighted by atomic mass is 79.9. The molecule has 0 bridgehead atoms. The molecule has 0 aliphatic heterocycles. The summed E-state index contributed by atoms with van der Waals surface area (Å²) >= 11 is 5.15. The molecule has 0 aliphatic carbocycles. The molecule has 1 nitrogen and oxygen atoms in total. The van der Waals surface area contributed by atoms with Crippen LogP contribution >= 0.6 is 27.3 Å². The van der Waals surface area contributed by atoms with Crippen LogP contribution in [0.4, 0.5) is 0 Å². The summed E-state index contributed by atoms with van der Waals surface area (Å²) in [5, 5.41) is 12.5. The Labute approximate surface area is 108 Å². The molecular formula is C13H13BrOS. The van der Waals surface area contributed by atoms with Gasteiger partial charge in [0.1, 0.15) is 0 Å².